The van der Waals surface area contributed by atoms with E-state index in [2.05, 4.69) is 16.8 Å². The van der Waals surface area contributed by atoms with E-state index in [1.54, 1.807) is 19.2 Å². The Balaban J connectivity index is 1.75. The van der Waals surface area contributed by atoms with Gasteiger partial charge in [-0.25, -0.2) is 0 Å². The van der Waals surface area contributed by atoms with Crippen LogP contribution in [-0.2, 0) is 6.54 Å². The van der Waals surface area contributed by atoms with Gasteiger partial charge in [0.25, 0.3) is 0 Å². The smallest absolute Gasteiger partial charge is 0.123 e. The highest BCUT2D eigenvalue weighted by Crippen LogP contribution is 2.42. The van der Waals surface area contributed by atoms with Gasteiger partial charge in [-0.2, -0.15) is 0 Å². The summed E-state index contributed by atoms with van der Waals surface area (Å²) < 4.78 is 5.42. The molecule has 2 heterocycles. The zero-order valence-corrected chi connectivity index (χ0v) is 14.2. The van der Waals surface area contributed by atoms with Crippen LogP contribution in [0.1, 0.15) is 24.8 Å². The number of hydrogen-bond donors (Lipinski definition) is 2. The average Bonchev–Trinajstić information content (AvgIpc) is 2.56. The lowest BCUT2D eigenvalue weighted by atomic mass is 9.69. The first-order valence-corrected chi connectivity index (χ1v) is 8.47. The highest BCUT2D eigenvalue weighted by Gasteiger charge is 2.46. The van der Waals surface area contributed by atoms with Crippen LogP contribution in [0, 0.1) is 5.41 Å². The Kier molecular flexibility index (Phi) is 4.80. The summed E-state index contributed by atoms with van der Waals surface area (Å²) in [5, 5.41) is 19.7. The minimum Gasteiger partial charge on any atom is -0.508 e. The summed E-state index contributed by atoms with van der Waals surface area (Å²) in [4.78, 5) is 4.82. The Morgan fingerprint density at radius 2 is 2.13 bits per heavy atom. The lowest BCUT2D eigenvalue weighted by Gasteiger charge is -2.53. The van der Waals surface area contributed by atoms with E-state index in [0.717, 1.165) is 50.3 Å². The number of likely N-dealkylation sites (tertiary alicyclic amines) is 2. The van der Waals surface area contributed by atoms with Crippen LogP contribution in [0.15, 0.2) is 18.2 Å². The molecule has 0 amide bonds. The molecule has 0 spiro atoms. The second kappa shape index (κ2) is 6.67. The van der Waals surface area contributed by atoms with Crippen molar-refractivity contribution in [2.75, 3.05) is 40.4 Å². The average molecular weight is 320 g/mol. The van der Waals surface area contributed by atoms with Crippen molar-refractivity contribution in [1.82, 2.24) is 9.80 Å². The van der Waals surface area contributed by atoms with E-state index < -0.39 is 0 Å². The van der Waals surface area contributed by atoms with Crippen molar-refractivity contribution in [3.05, 3.63) is 23.8 Å². The zero-order chi connectivity index (χ0) is 16.4. The number of rotatable bonds is 4. The summed E-state index contributed by atoms with van der Waals surface area (Å²) in [6.07, 6.45) is 3.33. The molecule has 0 aliphatic carbocycles. The van der Waals surface area contributed by atoms with Crippen molar-refractivity contribution in [1.29, 1.82) is 0 Å². The molecule has 0 unspecified atom stereocenters. The molecule has 2 saturated heterocycles. The van der Waals surface area contributed by atoms with Crippen molar-refractivity contribution in [3.63, 3.8) is 0 Å². The second-order valence-electron chi connectivity index (χ2n) is 7.10. The Bertz CT molecular complexity index is 551. The SMILES string of the molecule is COc1ccc(O)cc1CN1CC[C@@]2(CO)CCCN(C)[C@@H]2C1. The maximum Gasteiger partial charge on any atom is 0.123 e. The summed E-state index contributed by atoms with van der Waals surface area (Å²) in [6.45, 7) is 4.09. The van der Waals surface area contributed by atoms with Gasteiger partial charge in [-0.05, 0) is 57.6 Å². The zero-order valence-electron chi connectivity index (χ0n) is 14.2. The van der Waals surface area contributed by atoms with E-state index in [1.807, 2.05) is 6.07 Å². The molecular formula is C18H28N2O3. The van der Waals surface area contributed by atoms with Gasteiger partial charge in [-0.1, -0.05) is 0 Å². The summed E-state index contributed by atoms with van der Waals surface area (Å²) in [7, 11) is 3.84. The van der Waals surface area contributed by atoms with Crippen molar-refractivity contribution >= 4 is 0 Å². The number of aliphatic hydroxyl groups excluding tert-OH is 1. The van der Waals surface area contributed by atoms with Gasteiger partial charge in [0.05, 0.1) is 13.7 Å². The number of fused-ring (bicyclic) bond motifs is 1. The lowest BCUT2D eigenvalue weighted by molar-refractivity contribution is -0.0685. The number of phenols is 1. The lowest BCUT2D eigenvalue weighted by Crippen LogP contribution is -2.61. The highest BCUT2D eigenvalue weighted by atomic mass is 16.5. The molecule has 2 fully saturated rings. The third-order valence-electron chi connectivity index (χ3n) is 5.75. The van der Waals surface area contributed by atoms with Crippen LogP contribution in [0.25, 0.3) is 0 Å². The molecule has 2 aliphatic rings. The standard InChI is InChI=1S/C18H28N2O3/c1-19-8-3-6-18(13-21)7-9-20(12-17(18)19)11-14-10-15(22)4-5-16(14)23-2/h4-5,10,17,21-22H,3,6-9,11-13H2,1-2H3/t17-,18-/m1/s1. The minimum atomic E-state index is 0.0619. The maximum absolute atomic E-state index is 9.99. The fourth-order valence-corrected chi connectivity index (χ4v) is 4.35. The number of aliphatic hydroxyl groups is 1. The second-order valence-corrected chi connectivity index (χ2v) is 7.10. The first-order valence-electron chi connectivity index (χ1n) is 8.47. The number of phenolic OH excluding ortho intramolecular Hbond substituents is 1. The van der Waals surface area contributed by atoms with Gasteiger partial charge >= 0.3 is 0 Å². The number of ether oxygens (including phenoxy) is 1. The van der Waals surface area contributed by atoms with Crippen molar-refractivity contribution < 1.29 is 14.9 Å². The van der Waals surface area contributed by atoms with E-state index in [9.17, 15) is 10.2 Å². The molecule has 1 aromatic carbocycles. The van der Waals surface area contributed by atoms with Gasteiger partial charge in [-0.3, -0.25) is 4.90 Å². The fourth-order valence-electron chi connectivity index (χ4n) is 4.35. The van der Waals surface area contributed by atoms with Crippen molar-refractivity contribution in [2.45, 2.75) is 31.8 Å². The Morgan fingerprint density at radius 1 is 1.30 bits per heavy atom. The first-order chi connectivity index (χ1) is 11.1. The third kappa shape index (κ3) is 3.18. The molecule has 23 heavy (non-hydrogen) atoms. The molecule has 0 bridgehead atoms. The molecule has 5 nitrogen and oxygen atoms in total. The molecule has 2 N–H and O–H groups in total. The van der Waals surface area contributed by atoms with Gasteiger partial charge in [0.1, 0.15) is 11.5 Å². The molecular weight excluding hydrogens is 292 g/mol. The normalized spacial score (nSPS) is 29.3. The van der Waals surface area contributed by atoms with Gasteiger partial charge < -0.3 is 19.8 Å². The van der Waals surface area contributed by atoms with Crippen LogP contribution < -0.4 is 4.74 Å². The van der Waals surface area contributed by atoms with E-state index in [4.69, 9.17) is 4.74 Å². The van der Waals surface area contributed by atoms with E-state index in [0.29, 0.717) is 6.04 Å². The van der Waals surface area contributed by atoms with Crippen LogP contribution in [0.4, 0.5) is 0 Å². The van der Waals surface area contributed by atoms with Crippen molar-refractivity contribution in [2.24, 2.45) is 5.41 Å². The molecule has 0 saturated carbocycles. The number of methoxy groups -OCH3 is 1. The van der Waals surface area contributed by atoms with Gasteiger partial charge in [0, 0.05) is 30.1 Å². The molecule has 0 radical (unpaired) electrons. The largest absolute Gasteiger partial charge is 0.508 e. The van der Waals surface area contributed by atoms with Gasteiger partial charge in [0.15, 0.2) is 0 Å². The molecule has 2 aliphatic heterocycles. The summed E-state index contributed by atoms with van der Waals surface area (Å²) >= 11 is 0. The monoisotopic (exact) mass is 320 g/mol. The van der Waals surface area contributed by atoms with Gasteiger partial charge in [0.2, 0.25) is 0 Å². The number of nitrogens with zero attached hydrogens (tertiary/aromatic N) is 2. The number of hydrogen-bond acceptors (Lipinski definition) is 5. The quantitative estimate of drug-likeness (QED) is 0.884. The van der Waals surface area contributed by atoms with Crippen LogP contribution >= 0.6 is 0 Å². The number of likely N-dealkylation sites (N-methyl/N-ethyl adjacent to an activating group) is 1. The molecule has 0 aromatic heterocycles. The predicted octanol–water partition coefficient (Wildman–Crippen LogP) is 1.68. The third-order valence-corrected chi connectivity index (χ3v) is 5.75. The van der Waals surface area contributed by atoms with Gasteiger partial charge in [-0.15, -0.1) is 0 Å². The number of piperidine rings is 2. The predicted molar refractivity (Wildman–Crippen MR) is 89.7 cm³/mol. The molecule has 128 valence electrons. The fraction of sp³-hybridized carbons (Fsp3) is 0.667. The van der Waals surface area contributed by atoms with E-state index >= 15 is 0 Å². The van der Waals surface area contributed by atoms with E-state index in [-0.39, 0.29) is 17.8 Å². The highest BCUT2D eigenvalue weighted by molar-refractivity contribution is 5.39. The summed E-state index contributed by atoms with van der Waals surface area (Å²) in [5.74, 6) is 1.09. The Hall–Kier alpha value is -1.30. The molecule has 2 atom stereocenters. The number of benzene rings is 1. The Morgan fingerprint density at radius 3 is 2.87 bits per heavy atom. The number of aromatic hydroxyl groups is 1. The summed E-state index contributed by atoms with van der Waals surface area (Å²) in [6, 6.07) is 5.67. The van der Waals surface area contributed by atoms with Crippen LogP contribution in [0.5, 0.6) is 11.5 Å². The van der Waals surface area contributed by atoms with E-state index in [1.165, 1.54) is 6.42 Å². The van der Waals surface area contributed by atoms with Crippen LogP contribution in [-0.4, -0.2) is 66.5 Å². The minimum absolute atomic E-state index is 0.0619. The molecule has 3 rings (SSSR count). The topological polar surface area (TPSA) is 56.2 Å². The maximum atomic E-state index is 9.99. The molecule has 5 heteroatoms. The first kappa shape index (κ1) is 16.6. The van der Waals surface area contributed by atoms with Crippen LogP contribution in [0.3, 0.4) is 0 Å². The van der Waals surface area contributed by atoms with Crippen molar-refractivity contribution in [3.8, 4) is 11.5 Å². The molecule has 1 aromatic rings. The summed E-state index contributed by atoms with van der Waals surface area (Å²) in [5.41, 5.74) is 1.08. The Labute approximate surface area is 138 Å². The van der Waals surface area contributed by atoms with Crippen LogP contribution in [0.2, 0.25) is 0 Å².